The lowest BCUT2D eigenvalue weighted by Crippen LogP contribution is -1.85. The second-order valence-electron chi connectivity index (χ2n) is 3.52. The first-order valence-corrected chi connectivity index (χ1v) is 4.89. The minimum atomic E-state index is 0.418. The Morgan fingerprint density at radius 1 is 1.25 bits per heavy atom. The van der Waals surface area contributed by atoms with Gasteiger partial charge in [-0.3, -0.25) is 0 Å². The maximum Gasteiger partial charge on any atom is 0.171 e. The maximum absolute atomic E-state index is 8.98. The van der Waals surface area contributed by atoms with Gasteiger partial charge in [-0.15, -0.1) is 0 Å². The van der Waals surface area contributed by atoms with Crippen LogP contribution < -0.4 is 4.89 Å². The number of fused-ring (bicyclic) bond motifs is 1. The molecule has 2 heterocycles. The highest BCUT2D eigenvalue weighted by molar-refractivity contribution is 5.74. The number of nitrogens with zero attached hydrogens (tertiary/aromatic N) is 1. The second kappa shape index (κ2) is 3.40. The van der Waals surface area contributed by atoms with E-state index in [1.807, 2.05) is 24.4 Å². The smallest absolute Gasteiger partial charge is 0.171 e. The van der Waals surface area contributed by atoms with Crippen molar-refractivity contribution in [1.29, 1.82) is 5.26 Å². The minimum absolute atomic E-state index is 0.418. The van der Waals surface area contributed by atoms with Crippen molar-refractivity contribution in [3.8, 4) is 22.9 Å². The van der Waals surface area contributed by atoms with Gasteiger partial charge in [0.15, 0.2) is 5.75 Å². The molecule has 1 aromatic carbocycles. The highest BCUT2D eigenvalue weighted by Gasteiger charge is 2.20. The molecule has 0 fully saturated rings. The number of hydrogen-bond acceptors (Lipinski definition) is 3. The third-order valence-electron chi connectivity index (χ3n) is 2.64. The van der Waals surface area contributed by atoms with Crippen LogP contribution in [0.3, 0.4) is 0 Å². The SMILES string of the molecule is N#Cc1c[nH]cc1-c1cccc2c1COO2. The van der Waals surface area contributed by atoms with Gasteiger partial charge in [0.25, 0.3) is 0 Å². The van der Waals surface area contributed by atoms with Crippen LogP contribution in [0.5, 0.6) is 5.75 Å². The summed E-state index contributed by atoms with van der Waals surface area (Å²) < 4.78 is 0. The van der Waals surface area contributed by atoms with E-state index in [0.29, 0.717) is 12.2 Å². The van der Waals surface area contributed by atoms with Gasteiger partial charge in [0.2, 0.25) is 0 Å². The zero-order valence-corrected chi connectivity index (χ0v) is 8.36. The molecule has 0 atom stereocenters. The van der Waals surface area contributed by atoms with Gasteiger partial charge in [-0.2, -0.15) is 10.1 Å². The Bertz CT molecular complexity index is 581. The Balaban J connectivity index is 2.22. The van der Waals surface area contributed by atoms with Crippen molar-refractivity contribution in [3.05, 3.63) is 41.7 Å². The summed E-state index contributed by atoms with van der Waals surface area (Å²) in [6.45, 7) is 0.418. The third-order valence-corrected chi connectivity index (χ3v) is 2.64. The molecule has 3 rings (SSSR count). The van der Waals surface area contributed by atoms with Crippen LogP contribution in [0.4, 0.5) is 0 Å². The van der Waals surface area contributed by atoms with Crippen LogP contribution in [0.15, 0.2) is 30.6 Å². The average molecular weight is 212 g/mol. The molecule has 4 heteroatoms. The van der Waals surface area contributed by atoms with Gasteiger partial charge in [-0.25, -0.2) is 0 Å². The number of benzene rings is 1. The van der Waals surface area contributed by atoms with E-state index < -0.39 is 0 Å². The van der Waals surface area contributed by atoms with Gasteiger partial charge < -0.3 is 9.87 Å². The molecule has 2 aromatic rings. The number of aromatic amines is 1. The topological polar surface area (TPSA) is 58.0 Å². The first kappa shape index (κ1) is 9.01. The maximum atomic E-state index is 8.98. The standard InChI is InChI=1S/C12H8N2O2/c13-4-8-5-14-6-10(8)9-2-1-3-12-11(9)7-15-16-12/h1-3,5-6,14H,7H2. The van der Waals surface area contributed by atoms with E-state index in [2.05, 4.69) is 11.1 Å². The van der Waals surface area contributed by atoms with E-state index in [-0.39, 0.29) is 0 Å². The molecule has 0 saturated carbocycles. The van der Waals surface area contributed by atoms with Crippen LogP contribution in [0.1, 0.15) is 11.1 Å². The van der Waals surface area contributed by atoms with Crippen molar-refractivity contribution in [2.24, 2.45) is 0 Å². The number of nitrogens with one attached hydrogen (secondary N) is 1. The third kappa shape index (κ3) is 1.19. The first-order chi connectivity index (χ1) is 7.90. The molecule has 4 nitrogen and oxygen atoms in total. The molecule has 1 aromatic heterocycles. The van der Waals surface area contributed by atoms with E-state index in [0.717, 1.165) is 22.4 Å². The lowest BCUT2D eigenvalue weighted by molar-refractivity contribution is -0.194. The van der Waals surface area contributed by atoms with Gasteiger partial charge in [0, 0.05) is 23.5 Å². The molecule has 0 saturated heterocycles. The van der Waals surface area contributed by atoms with Crippen molar-refractivity contribution >= 4 is 0 Å². The number of rotatable bonds is 1. The lowest BCUT2D eigenvalue weighted by atomic mass is 9.99. The van der Waals surface area contributed by atoms with Crippen molar-refractivity contribution in [3.63, 3.8) is 0 Å². The van der Waals surface area contributed by atoms with Crippen LogP contribution in [-0.2, 0) is 11.5 Å². The molecular formula is C12H8N2O2. The van der Waals surface area contributed by atoms with Crippen molar-refractivity contribution in [1.82, 2.24) is 4.98 Å². The normalized spacial score (nSPS) is 12.9. The van der Waals surface area contributed by atoms with Gasteiger partial charge >= 0.3 is 0 Å². The van der Waals surface area contributed by atoms with Crippen LogP contribution in [0, 0.1) is 11.3 Å². The highest BCUT2D eigenvalue weighted by Crippen LogP contribution is 2.36. The fourth-order valence-electron chi connectivity index (χ4n) is 1.88. The molecule has 1 N–H and O–H groups in total. The predicted molar refractivity (Wildman–Crippen MR) is 56.4 cm³/mol. The van der Waals surface area contributed by atoms with Crippen molar-refractivity contribution in [2.75, 3.05) is 0 Å². The second-order valence-corrected chi connectivity index (χ2v) is 3.52. The summed E-state index contributed by atoms with van der Waals surface area (Å²) in [6.07, 6.45) is 3.50. The number of H-pyrrole nitrogens is 1. The molecule has 0 spiro atoms. The zero-order chi connectivity index (χ0) is 11.0. The molecule has 1 aliphatic heterocycles. The zero-order valence-electron chi connectivity index (χ0n) is 8.36. The molecule has 0 radical (unpaired) electrons. The quantitative estimate of drug-likeness (QED) is 0.738. The fraction of sp³-hybridized carbons (Fsp3) is 0.0833. The van der Waals surface area contributed by atoms with Gasteiger partial charge in [0.05, 0.1) is 5.56 Å². The van der Waals surface area contributed by atoms with Gasteiger partial charge in [-0.05, 0) is 11.6 Å². The van der Waals surface area contributed by atoms with Crippen molar-refractivity contribution in [2.45, 2.75) is 6.61 Å². The molecule has 0 unspecified atom stereocenters. The number of aromatic nitrogens is 1. The Kier molecular flexibility index (Phi) is 1.92. The molecule has 16 heavy (non-hydrogen) atoms. The van der Waals surface area contributed by atoms with Crippen molar-refractivity contribution < 1.29 is 9.78 Å². The van der Waals surface area contributed by atoms with Gasteiger partial charge in [-0.1, -0.05) is 12.1 Å². The summed E-state index contributed by atoms with van der Waals surface area (Å²) in [7, 11) is 0. The Labute approximate surface area is 92.0 Å². The van der Waals surface area contributed by atoms with Crippen LogP contribution in [-0.4, -0.2) is 4.98 Å². The largest absolute Gasteiger partial charge is 0.366 e. The molecule has 78 valence electrons. The summed E-state index contributed by atoms with van der Waals surface area (Å²) in [5.74, 6) is 0.725. The summed E-state index contributed by atoms with van der Waals surface area (Å²) in [5, 5.41) is 8.98. The van der Waals surface area contributed by atoms with Gasteiger partial charge in [0.1, 0.15) is 12.7 Å². The van der Waals surface area contributed by atoms with E-state index in [9.17, 15) is 0 Å². The van der Waals surface area contributed by atoms with E-state index >= 15 is 0 Å². The van der Waals surface area contributed by atoms with Crippen LogP contribution in [0.2, 0.25) is 0 Å². The molecule has 1 aliphatic rings. The summed E-state index contributed by atoms with van der Waals surface area (Å²) in [5.41, 5.74) is 3.47. The highest BCUT2D eigenvalue weighted by atomic mass is 17.2. The fourth-order valence-corrected chi connectivity index (χ4v) is 1.88. The first-order valence-electron chi connectivity index (χ1n) is 4.89. The summed E-state index contributed by atoms with van der Waals surface area (Å²) >= 11 is 0. The average Bonchev–Trinajstić information content (AvgIpc) is 2.96. The van der Waals surface area contributed by atoms with Crippen LogP contribution >= 0.6 is 0 Å². The number of hydrogen-bond donors (Lipinski definition) is 1. The Hall–Kier alpha value is -2.25. The Morgan fingerprint density at radius 3 is 3.06 bits per heavy atom. The van der Waals surface area contributed by atoms with E-state index in [4.69, 9.17) is 15.0 Å². The van der Waals surface area contributed by atoms with Crippen LogP contribution in [0.25, 0.3) is 11.1 Å². The molecular weight excluding hydrogens is 204 g/mol. The molecule has 0 amide bonds. The summed E-state index contributed by atoms with van der Waals surface area (Å²) in [6, 6.07) is 7.85. The predicted octanol–water partition coefficient (Wildman–Crippen LogP) is 2.38. The summed E-state index contributed by atoms with van der Waals surface area (Å²) in [4.78, 5) is 12.9. The molecule has 0 bridgehead atoms. The molecule has 0 aliphatic carbocycles. The van der Waals surface area contributed by atoms with E-state index in [1.54, 1.807) is 6.20 Å². The Morgan fingerprint density at radius 2 is 2.19 bits per heavy atom. The number of nitriles is 1. The van der Waals surface area contributed by atoms with E-state index in [1.165, 1.54) is 0 Å². The monoisotopic (exact) mass is 212 g/mol. The lowest BCUT2D eigenvalue weighted by Gasteiger charge is -2.03. The minimum Gasteiger partial charge on any atom is -0.366 e.